The Morgan fingerprint density at radius 2 is 1.00 bits per heavy atom. The molecule has 0 nitrogen and oxygen atoms in total. The quantitative estimate of drug-likeness (QED) is 0.315. The second-order valence-electron chi connectivity index (χ2n) is 6.61. The summed E-state index contributed by atoms with van der Waals surface area (Å²) >= 11 is 0. The Hall–Kier alpha value is -3.38. The van der Waals surface area contributed by atoms with Crippen molar-refractivity contribution >= 4 is 11.6 Å². The van der Waals surface area contributed by atoms with Crippen molar-refractivity contribution in [3.63, 3.8) is 0 Å². The zero-order chi connectivity index (χ0) is 17.3. The molecule has 1 aliphatic rings. The van der Waals surface area contributed by atoms with Crippen LogP contribution < -0.4 is 0 Å². The third-order valence-corrected chi connectivity index (χ3v) is 5.05. The van der Waals surface area contributed by atoms with Crippen LogP contribution in [0.3, 0.4) is 0 Å². The summed E-state index contributed by atoms with van der Waals surface area (Å²) < 4.78 is 0. The highest BCUT2D eigenvalue weighted by atomic mass is 14.3. The number of hydrogen-bond donors (Lipinski definition) is 0. The highest BCUT2D eigenvalue weighted by Gasteiger charge is 2.23. The lowest BCUT2D eigenvalue weighted by Crippen LogP contribution is -2.00. The predicted molar refractivity (Wildman–Crippen MR) is 111 cm³/mol. The Labute approximate surface area is 154 Å². The van der Waals surface area contributed by atoms with Crippen molar-refractivity contribution in [1.29, 1.82) is 0 Å². The van der Waals surface area contributed by atoms with Crippen LogP contribution in [0, 0.1) is 0 Å². The fraction of sp³-hybridized carbons (Fsp3) is 0. The van der Waals surface area contributed by atoms with E-state index in [1.165, 1.54) is 44.5 Å². The van der Waals surface area contributed by atoms with Crippen molar-refractivity contribution in [2.45, 2.75) is 0 Å². The molecule has 0 radical (unpaired) electrons. The van der Waals surface area contributed by atoms with Crippen LogP contribution in [0.25, 0.3) is 33.9 Å². The molecule has 0 heteroatoms. The average Bonchev–Trinajstić information content (AvgIpc) is 2.71. The van der Waals surface area contributed by atoms with Crippen LogP contribution in [-0.4, -0.2) is 0 Å². The average molecular weight is 330 g/mol. The molecule has 4 aromatic rings. The Bertz CT molecular complexity index is 1060. The highest BCUT2D eigenvalue weighted by molar-refractivity contribution is 6.07. The predicted octanol–water partition coefficient (Wildman–Crippen LogP) is 6.92. The summed E-state index contributed by atoms with van der Waals surface area (Å²) in [4.78, 5) is 0. The van der Waals surface area contributed by atoms with Crippen LogP contribution in [-0.2, 0) is 0 Å². The molecule has 0 atom stereocenters. The minimum atomic E-state index is 1.24. The van der Waals surface area contributed by atoms with Gasteiger partial charge < -0.3 is 0 Å². The molecular weight excluding hydrogens is 312 g/mol. The van der Waals surface area contributed by atoms with Gasteiger partial charge in [0.2, 0.25) is 0 Å². The van der Waals surface area contributed by atoms with E-state index in [1.54, 1.807) is 0 Å². The number of benzene rings is 4. The van der Waals surface area contributed by atoms with Gasteiger partial charge in [-0.2, -0.15) is 0 Å². The standard InChI is InChI=1S/C26H18/c1-3-10-19(11-4-1)25(20-12-5-2-6-13-20)18-21-14-9-17-24-22-15-7-8-16-23(22)26(21)24/h1-18H. The van der Waals surface area contributed by atoms with Crippen LogP contribution in [0.1, 0.15) is 16.7 Å². The number of rotatable bonds is 3. The molecule has 4 aromatic carbocycles. The minimum Gasteiger partial charge on any atom is -0.0622 e. The summed E-state index contributed by atoms with van der Waals surface area (Å²) in [5.74, 6) is 0. The molecule has 122 valence electrons. The molecule has 0 saturated carbocycles. The van der Waals surface area contributed by atoms with Gasteiger partial charge in [-0.15, -0.1) is 0 Å². The molecule has 26 heavy (non-hydrogen) atoms. The lowest BCUT2D eigenvalue weighted by atomic mass is 9.77. The second kappa shape index (κ2) is 6.16. The van der Waals surface area contributed by atoms with Crippen molar-refractivity contribution < 1.29 is 0 Å². The van der Waals surface area contributed by atoms with Gasteiger partial charge in [-0.05, 0) is 50.6 Å². The largest absolute Gasteiger partial charge is 0.0622 e. The first-order valence-electron chi connectivity index (χ1n) is 8.97. The second-order valence-corrected chi connectivity index (χ2v) is 6.61. The molecule has 0 aliphatic heterocycles. The van der Waals surface area contributed by atoms with Gasteiger partial charge in [0.25, 0.3) is 0 Å². The monoisotopic (exact) mass is 330 g/mol. The number of fused-ring (bicyclic) bond motifs is 4. The third kappa shape index (κ3) is 2.39. The molecule has 0 saturated heterocycles. The van der Waals surface area contributed by atoms with Crippen LogP contribution in [0.2, 0.25) is 0 Å². The Kier molecular flexibility index (Phi) is 3.54. The summed E-state index contributed by atoms with van der Waals surface area (Å²) in [6, 6.07) is 36.5. The van der Waals surface area contributed by atoms with E-state index in [-0.39, 0.29) is 0 Å². The fourth-order valence-electron chi connectivity index (χ4n) is 3.81. The maximum Gasteiger partial charge on any atom is -0.00262 e. The molecule has 1 aliphatic carbocycles. The molecule has 0 N–H and O–H groups in total. The van der Waals surface area contributed by atoms with Gasteiger partial charge >= 0.3 is 0 Å². The highest BCUT2D eigenvalue weighted by Crippen LogP contribution is 2.49. The Morgan fingerprint density at radius 3 is 1.65 bits per heavy atom. The molecule has 0 fully saturated rings. The van der Waals surface area contributed by atoms with Gasteiger partial charge in [-0.3, -0.25) is 0 Å². The van der Waals surface area contributed by atoms with Crippen LogP contribution in [0.4, 0.5) is 0 Å². The zero-order valence-electron chi connectivity index (χ0n) is 14.4. The first-order valence-corrected chi connectivity index (χ1v) is 8.97. The molecule has 5 rings (SSSR count). The van der Waals surface area contributed by atoms with Crippen molar-refractivity contribution in [2.75, 3.05) is 0 Å². The van der Waals surface area contributed by atoms with Crippen LogP contribution >= 0.6 is 0 Å². The first-order chi connectivity index (χ1) is 12.9. The molecule has 0 amide bonds. The van der Waals surface area contributed by atoms with Crippen LogP contribution in [0.5, 0.6) is 0 Å². The first kappa shape index (κ1) is 14.9. The lowest BCUT2D eigenvalue weighted by Gasteiger charge is -2.26. The van der Waals surface area contributed by atoms with E-state index >= 15 is 0 Å². The molecule has 0 unspecified atom stereocenters. The minimum absolute atomic E-state index is 1.24. The van der Waals surface area contributed by atoms with Gasteiger partial charge in [0.15, 0.2) is 0 Å². The molecule has 0 spiro atoms. The zero-order valence-corrected chi connectivity index (χ0v) is 14.4. The van der Waals surface area contributed by atoms with E-state index in [4.69, 9.17) is 0 Å². The molecule has 0 aromatic heterocycles. The van der Waals surface area contributed by atoms with Gasteiger partial charge in [0.1, 0.15) is 0 Å². The summed E-state index contributed by atoms with van der Waals surface area (Å²) in [6.45, 7) is 0. The normalized spacial score (nSPS) is 11.1. The Morgan fingerprint density at radius 1 is 0.462 bits per heavy atom. The molecular formula is C26H18. The lowest BCUT2D eigenvalue weighted by molar-refractivity contribution is 1.49. The third-order valence-electron chi connectivity index (χ3n) is 5.05. The summed E-state index contributed by atoms with van der Waals surface area (Å²) in [6.07, 6.45) is 2.33. The van der Waals surface area contributed by atoms with Gasteiger partial charge in [-0.1, -0.05) is 103 Å². The van der Waals surface area contributed by atoms with E-state index in [0.717, 1.165) is 0 Å². The van der Waals surface area contributed by atoms with Crippen molar-refractivity contribution in [3.8, 4) is 22.3 Å². The van der Waals surface area contributed by atoms with Crippen LogP contribution in [0.15, 0.2) is 103 Å². The van der Waals surface area contributed by atoms with E-state index in [1.807, 2.05) is 0 Å². The van der Waals surface area contributed by atoms with E-state index < -0.39 is 0 Å². The molecule has 0 bridgehead atoms. The molecule has 0 heterocycles. The van der Waals surface area contributed by atoms with Crippen molar-refractivity contribution in [2.24, 2.45) is 0 Å². The van der Waals surface area contributed by atoms with Gasteiger partial charge in [-0.25, -0.2) is 0 Å². The fourth-order valence-corrected chi connectivity index (χ4v) is 3.81. The maximum absolute atomic E-state index is 2.33. The summed E-state index contributed by atoms with van der Waals surface area (Å²) in [5.41, 5.74) is 10.5. The van der Waals surface area contributed by atoms with E-state index in [0.29, 0.717) is 0 Å². The Balaban J connectivity index is 1.70. The van der Waals surface area contributed by atoms with E-state index in [2.05, 4.69) is 109 Å². The van der Waals surface area contributed by atoms with E-state index in [9.17, 15) is 0 Å². The summed E-state index contributed by atoms with van der Waals surface area (Å²) in [7, 11) is 0. The van der Waals surface area contributed by atoms with Gasteiger partial charge in [0, 0.05) is 0 Å². The van der Waals surface area contributed by atoms with Crippen molar-refractivity contribution in [1.82, 2.24) is 0 Å². The van der Waals surface area contributed by atoms with Gasteiger partial charge in [0.05, 0.1) is 0 Å². The SMILES string of the molecule is C(=C(c1ccccc1)c1ccccc1)c1cccc2c1-c1ccccc1-2. The summed E-state index contributed by atoms with van der Waals surface area (Å²) in [5, 5.41) is 0. The smallest absolute Gasteiger partial charge is 0.00262 e. The number of hydrogen-bond acceptors (Lipinski definition) is 0. The maximum atomic E-state index is 2.33. The van der Waals surface area contributed by atoms with Crippen molar-refractivity contribution in [3.05, 3.63) is 120 Å². The topological polar surface area (TPSA) is 0 Å².